The molecule has 0 aliphatic carbocycles. The Morgan fingerprint density at radius 2 is 2.36 bits per heavy atom. The molecule has 0 amide bonds. The van der Waals surface area contributed by atoms with E-state index in [-0.39, 0.29) is 0 Å². The molecule has 0 saturated carbocycles. The van der Waals surface area contributed by atoms with Crippen molar-refractivity contribution >= 4 is 17.6 Å². The molecule has 72 valence electrons. The van der Waals surface area contributed by atoms with Gasteiger partial charge in [0.05, 0.1) is 16.7 Å². The van der Waals surface area contributed by atoms with E-state index in [2.05, 4.69) is 16.5 Å². The van der Waals surface area contributed by atoms with Crippen LogP contribution >= 0.6 is 0 Å². The first kappa shape index (κ1) is 8.81. The number of hydrogen-bond donors (Lipinski definition) is 1. The number of benzene rings is 1. The first-order valence-corrected chi connectivity index (χ1v) is 4.52. The van der Waals surface area contributed by atoms with Crippen molar-refractivity contribution in [2.45, 2.75) is 0 Å². The summed E-state index contributed by atoms with van der Waals surface area (Å²) >= 11 is 0. The molecule has 0 spiro atoms. The summed E-state index contributed by atoms with van der Waals surface area (Å²) in [5.74, 6) is 0. The van der Waals surface area contributed by atoms with Crippen molar-refractivity contribution in [2.24, 2.45) is 4.99 Å². The molecule has 1 aliphatic heterocycles. The lowest BCUT2D eigenvalue weighted by atomic mass is 10.2. The molecule has 0 saturated heterocycles. The van der Waals surface area contributed by atoms with E-state index in [1.165, 1.54) is 0 Å². The number of hydrogen-bond acceptors (Lipinski definition) is 3. The van der Waals surface area contributed by atoms with Crippen LogP contribution in [0, 0.1) is 0 Å². The van der Waals surface area contributed by atoms with Crippen LogP contribution in [0.15, 0.2) is 29.8 Å². The van der Waals surface area contributed by atoms with Crippen LogP contribution in [0.1, 0.15) is 0 Å². The van der Waals surface area contributed by atoms with Gasteiger partial charge >= 0.3 is 0 Å². The van der Waals surface area contributed by atoms with E-state index < -0.39 is 0 Å². The maximum atomic E-state index is 5.92. The van der Waals surface area contributed by atoms with Gasteiger partial charge in [0.2, 0.25) is 0 Å². The molecule has 3 heteroatoms. The summed E-state index contributed by atoms with van der Waals surface area (Å²) in [7, 11) is 1.99. The number of nitrogens with zero attached hydrogens (tertiary/aromatic N) is 2. The van der Waals surface area contributed by atoms with Crippen LogP contribution in [0.4, 0.5) is 11.4 Å². The van der Waals surface area contributed by atoms with Gasteiger partial charge < -0.3 is 10.6 Å². The summed E-state index contributed by atoms with van der Waals surface area (Å²) in [5.41, 5.74) is 7.72. The van der Waals surface area contributed by atoms with Crippen LogP contribution in [0.3, 0.4) is 0 Å². The topological polar surface area (TPSA) is 41.6 Å². The predicted molar refractivity (Wildman–Crippen MR) is 59.6 cm³/mol. The largest absolute Gasteiger partial charge is 0.397 e. The summed E-state index contributed by atoms with van der Waals surface area (Å²) in [6.07, 6.45) is 3.67. The Balaban J connectivity index is 2.44. The highest BCUT2D eigenvalue weighted by Gasteiger charge is 2.06. The van der Waals surface area contributed by atoms with Gasteiger partial charge in [-0.1, -0.05) is 6.08 Å². The van der Waals surface area contributed by atoms with E-state index in [0.717, 1.165) is 28.5 Å². The van der Waals surface area contributed by atoms with E-state index in [1.54, 1.807) is 0 Å². The van der Waals surface area contributed by atoms with Gasteiger partial charge in [-0.25, -0.2) is 0 Å². The maximum absolute atomic E-state index is 5.92. The zero-order valence-electron chi connectivity index (χ0n) is 8.20. The third-order valence-corrected chi connectivity index (χ3v) is 2.33. The molecule has 0 aromatic heterocycles. The summed E-state index contributed by atoms with van der Waals surface area (Å²) in [4.78, 5) is 6.20. The van der Waals surface area contributed by atoms with E-state index >= 15 is 0 Å². The van der Waals surface area contributed by atoms with Gasteiger partial charge in [0.1, 0.15) is 0 Å². The third kappa shape index (κ3) is 1.27. The average Bonchev–Trinajstić information content (AvgIpc) is 2.11. The summed E-state index contributed by atoms with van der Waals surface area (Å²) < 4.78 is 0. The second-order valence-corrected chi connectivity index (χ2v) is 3.40. The van der Waals surface area contributed by atoms with Crippen LogP contribution < -0.4 is 21.2 Å². The molecule has 1 heterocycles. The van der Waals surface area contributed by atoms with E-state index in [1.807, 2.05) is 31.5 Å². The smallest absolute Gasteiger partial charge is 0.0739 e. The van der Waals surface area contributed by atoms with Gasteiger partial charge in [0, 0.05) is 25.0 Å². The Bertz CT molecular complexity index is 488. The molecule has 0 fully saturated rings. The van der Waals surface area contributed by atoms with Gasteiger partial charge in [-0.3, -0.25) is 4.99 Å². The number of fused-ring (bicyclic) bond motifs is 1. The third-order valence-electron chi connectivity index (χ3n) is 2.33. The number of nitrogen functional groups attached to an aromatic ring is 1. The predicted octanol–water partition coefficient (Wildman–Crippen LogP) is 0.262. The number of rotatable bonds is 3. The molecule has 14 heavy (non-hydrogen) atoms. The SMILES string of the molecule is C=CCN(C)c1cc2c(cc1N)=CN=2. The molecule has 0 atom stereocenters. The fourth-order valence-corrected chi connectivity index (χ4v) is 1.52. The lowest BCUT2D eigenvalue weighted by molar-refractivity contribution is 1.03. The normalized spacial score (nSPS) is 11.8. The second kappa shape index (κ2) is 3.18. The summed E-state index contributed by atoms with van der Waals surface area (Å²) in [5, 5.41) is 2.14. The minimum atomic E-state index is 0.784. The van der Waals surface area contributed by atoms with Gasteiger partial charge in [0.15, 0.2) is 0 Å². The molecule has 2 N–H and O–H groups in total. The van der Waals surface area contributed by atoms with E-state index in [0.29, 0.717) is 0 Å². The first-order chi connectivity index (χ1) is 6.72. The number of likely N-dealkylation sites (N-methyl/N-ethyl adjacent to an activating group) is 1. The Hall–Kier alpha value is -1.77. The lowest BCUT2D eigenvalue weighted by Crippen LogP contribution is -2.33. The molecule has 1 aromatic rings. The zero-order valence-corrected chi connectivity index (χ0v) is 8.20. The first-order valence-electron chi connectivity index (χ1n) is 4.52. The maximum Gasteiger partial charge on any atom is 0.0739 e. The minimum Gasteiger partial charge on any atom is -0.397 e. The second-order valence-electron chi connectivity index (χ2n) is 3.40. The molecule has 0 radical (unpaired) electrons. The molecular weight excluding hydrogens is 174 g/mol. The van der Waals surface area contributed by atoms with Gasteiger partial charge in [-0.05, 0) is 12.1 Å². The Morgan fingerprint density at radius 1 is 1.57 bits per heavy atom. The fourth-order valence-electron chi connectivity index (χ4n) is 1.52. The van der Waals surface area contributed by atoms with E-state index in [4.69, 9.17) is 5.73 Å². The lowest BCUT2D eigenvalue weighted by Gasteiger charge is -2.19. The van der Waals surface area contributed by atoms with Crippen molar-refractivity contribution in [1.29, 1.82) is 0 Å². The van der Waals surface area contributed by atoms with Crippen molar-refractivity contribution in [1.82, 2.24) is 0 Å². The minimum absolute atomic E-state index is 0.784. The molecule has 2 rings (SSSR count). The highest BCUT2D eigenvalue weighted by atomic mass is 15.1. The van der Waals surface area contributed by atoms with Crippen LogP contribution in [-0.4, -0.2) is 13.6 Å². The van der Waals surface area contributed by atoms with Crippen LogP contribution in [0.2, 0.25) is 0 Å². The summed E-state index contributed by atoms with van der Waals surface area (Å²) in [6.45, 7) is 4.48. The molecule has 3 nitrogen and oxygen atoms in total. The fraction of sp³-hybridized carbons (Fsp3) is 0.182. The van der Waals surface area contributed by atoms with Crippen molar-refractivity contribution in [3.63, 3.8) is 0 Å². The zero-order chi connectivity index (χ0) is 10.1. The van der Waals surface area contributed by atoms with Crippen LogP contribution in [-0.2, 0) is 0 Å². The van der Waals surface area contributed by atoms with Crippen molar-refractivity contribution < 1.29 is 0 Å². The van der Waals surface area contributed by atoms with Gasteiger partial charge in [-0.15, -0.1) is 6.58 Å². The highest BCUT2D eigenvalue weighted by Crippen LogP contribution is 2.17. The van der Waals surface area contributed by atoms with Gasteiger partial charge in [0.25, 0.3) is 0 Å². The quantitative estimate of drug-likeness (QED) is 0.545. The molecule has 1 aromatic carbocycles. The van der Waals surface area contributed by atoms with Crippen molar-refractivity contribution in [2.75, 3.05) is 24.2 Å². The van der Waals surface area contributed by atoms with Crippen LogP contribution in [0.5, 0.6) is 0 Å². The molecular formula is C11H13N3. The highest BCUT2D eigenvalue weighted by molar-refractivity contribution is 5.68. The summed E-state index contributed by atoms with van der Waals surface area (Å²) in [6, 6.07) is 3.96. The standard InChI is InChI=1S/C11H13N3/c1-3-4-14(2)11-6-10-8(7-13-10)5-9(11)12/h3,5-7H,1,4,12H2,2H3. The van der Waals surface area contributed by atoms with Gasteiger partial charge in [-0.2, -0.15) is 0 Å². The van der Waals surface area contributed by atoms with Crippen LogP contribution in [0.25, 0.3) is 6.20 Å². The molecule has 1 aliphatic rings. The average molecular weight is 187 g/mol. The molecule has 0 bridgehead atoms. The Labute approximate surface area is 82.9 Å². The molecule has 0 unspecified atom stereocenters. The van der Waals surface area contributed by atoms with Crippen molar-refractivity contribution in [3.05, 3.63) is 35.4 Å². The monoisotopic (exact) mass is 187 g/mol. The Morgan fingerprint density at radius 3 is 2.93 bits per heavy atom. The van der Waals surface area contributed by atoms with Crippen molar-refractivity contribution in [3.8, 4) is 0 Å². The number of nitrogens with two attached hydrogens (primary N) is 1. The number of anilines is 2. The Kier molecular flexibility index (Phi) is 2.00. The van der Waals surface area contributed by atoms with E-state index in [9.17, 15) is 0 Å².